The Morgan fingerprint density at radius 3 is 2.26 bits per heavy atom. The van der Waals surface area contributed by atoms with Crippen LogP contribution in [-0.2, 0) is 0 Å². The Morgan fingerprint density at radius 1 is 0.895 bits per heavy atom. The largest absolute Gasteiger partial charge is 0.398 e. The number of nitrogens with two attached hydrogens (primary N) is 1. The number of benzene rings is 2. The molecule has 0 aliphatic carbocycles. The molecule has 0 aliphatic rings. The van der Waals surface area contributed by atoms with E-state index in [4.69, 9.17) is 16.3 Å². The topological polar surface area (TPSA) is 73.6 Å². The Balaban J connectivity index is 2.49. The number of rotatable bonds is 2. The molecule has 0 amide bonds. The molecule has 90 valence electrons. The van der Waals surface area contributed by atoms with Crippen LogP contribution in [0.15, 0.2) is 42.5 Å². The van der Waals surface area contributed by atoms with Crippen molar-refractivity contribution in [1.29, 1.82) is 10.5 Å². The Labute approximate surface area is 111 Å². The lowest BCUT2D eigenvalue weighted by Gasteiger charge is -2.04. The van der Waals surface area contributed by atoms with E-state index in [1.54, 1.807) is 18.2 Å². The lowest BCUT2D eigenvalue weighted by atomic mass is 10.00. The van der Waals surface area contributed by atoms with Gasteiger partial charge in [0.15, 0.2) is 0 Å². The zero-order chi connectivity index (χ0) is 13.7. The van der Waals surface area contributed by atoms with Crippen molar-refractivity contribution < 1.29 is 0 Å². The van der Waals surface area contributed by atoms with Gasteiger partial charge in [-0.15, -0.1) is 0 Å². The lowest BCUT2D eigenvalue weighted by molar-refractivity contribution is 1.42. The summed E-state index contributed by atoms with van der Waals surface area (Å²) in [6, 6.07) is 16.9. The molecule has 0 atom stereocenters. The van der Waals surface area contributed by atoms with Crippen molar-refractivity contribution in [2.24, 2.45) is 0 Å². The van der Waals surface area contributed by atoms with Gasteiger partial charge in [0.1, 0.15) is 12.1 Å². The normalized spacial score (nSPS) is 10.0. The maximum atomic E-state index is 9.16. The molecule has 2 aromatic rings. The zero-order valence-corrected chi connectivity index (χ0v) is 10.2. The minimum atomic E-state index is 0.315. The molecule has 2 aromatic carbocycles. The summed E-state index contributed by atoms with van der Waals surface area (Å²) in [5.74, 6) is 0. The number of nitriles is 2. The van der Waals surface area contributed by atoms with Crippen LogP contribution in [0.25, 0.3) is 12.2 Å². The van der Waals surface area contributed by atoms with Crippen LogP contribution in [0.4, 0.5) is 5.69 Å². The second-order valence-corrected chi connectivity index (χ2v) is 3.96. The van der Waals surface area contributed by atoms with Gasteiger partial charge in [-0.1, -0.05) is 42.5 Å². The van der Waals surface area contributed by atoms with Gasteiger partial charge in [0.25, 0.3) is 0 Å². The standard InChI is InChI=1S/C16H11N3/c17-10-13-7-9-16(19)14(15(13)11-18)8-6-12-4-2-1-3-5-12/h1-9H,19H2. The fraction of sp³-hybridized carbons (Fsp3) is 0. The highest BCUT2D eigenvalue weighted by molar-refractivity contribution is 5.80. The molecule has 2 N–H and O–H groups in total. The van der Waals surface area contributed by atoms with Gasteiger partial charge in [-0.05, 0) is 17.7 Å². The maximum Gasteiger partial charge on any atom is 0.101 e. The van der Waals surface area contributed by atoms with Gasteiger partial charge < -0.3 is 5.73 Å². The second kappa shape index (κ2) is 5.53. The van der Waals surface area contributed by atoms with Crippen LogP contribution in [-0.4, -0.2) is 0 Å². The first-order valence-electron chi connectivity index (χ1n) is 5.72. The first-order chi connectivity index (χ1) is 9.26. The van der Waals surface area contributed by atoms with Gasteiger partial charge in [0.05, 0.1) is 11.1 Å². The first kappa shape index (κ1) is 12.4. The highest BCUT2D eigenvalue weighted by Crippen LogP contribution is 2.22. The predicted molar refractivity (Wildman–Crippen MR) is 75.7 cm³/mol. The maximum absolute atomic E-state index is 9.16. The number of anilines is 1. The molecule has 0 saturated heterocycles. The summed E-state index contributed by atoms with van der Waals surface area (Å²) in [7, 11) is 0. The molecule has 0 heterocycles. The number of nitrogen functional groups attached to an aromatic ring is 1. The monoisotopic (exact) mass is 245 g/mol. The lowest BCUT2D eigenvalue weighted by Crippen LogP contribution is -1.95. The fourth-order valence-electron chi connectivity index (χ4n) is 1.77. The van der Waals surface area contributed by atoms with Crippen LogP contribution < -0.4 is 5.73 Å². The molecule has 2 rings (SSSR count). The van der Waals surface area contributed by atoms with E-state index in [1.807, 2.05) is 48.5 Å². The molecule has 0 aromatic heterocycles. The van der Waals surface area contributed by atoms with Gasteiger partial charge in [-0.25, -0.2) is 0 Å². The quantitative estimate of drug-likeness (QED) is 0.652. The van der Waals surface area contributed by atoms with E-state index in [0.717, 1.165) is 5.56 Å². The number of hydrogen-bond donors (Lipinski definition) is 1. The van der Waals surface area contributed by atoms with Gasteiger partial charge >= 0.3 is 0 Å². The molecule has 0 spiro atoms. The number of nitrogens with zero attached hydrogens (tertiary/aromatic N) is 2. The van der Waals surface area contributed by atoms with E-state index in [0.29, 0.717) is 22.4 Å². The smallest absolute Gasteiger partial charge is 0.101 e. The van der Waals surface area contributed by atoms with Crippen molar-refractivity contribution in [1.82, 2.24) is 0 Å². The Bertz CT molecular complexity index is 701. The third-order valence-electron chi connectivity index (χ3n) is 2.75. The minimum Gasteiger partial charge on any atom is -0.398 e. The molecule has 3 nitrogen and oxygen atoms in total. The summed E-state index contributed by atoms with van der Waals surface area (Å²) in [6.07, 6.45) is 3.64. The van der Waals surface area contributed by atoms with Crippen molar-refractivity contribution in [2.75, 3.05) is 5.73 Å². The summed E-state index contributed by atoms with van der Waals surface area (Å²) < 4.78 is 0. The molecule has 0 bridgehead atoms. The molecule has 3 heteroatoms. The average molecular weight is 245 g/mol. The van der Waals surface area contributed by atoms with E-state index >= 15 is 0 Å². The zero-order valence-electron chi connectivity index (χ0n) is 10.2. The average Bonchev–Trinajstić information content (AvgIpc) is 2.46. The molecule has 0 fully saturated rings. The Morgan fingerprint density at radius 2 is 1.63 bits per heavy atom. The van der Waals surface area contributed by atoms with E-state index < -0.39 is 0 Å². The SMILES string of the molecule is N#Cc1ccc(N)c(C=Cc2ccccc2)c1C#N. The third kappa shape index (κ3) is 2.62. The molecule has 0 radical (unpaired) electrons. The molecule has 0 unspecified atom stereocenters. The van der Waals surface area contributed by atoms with Crippen LogP contribution >= 0.6 is 0 Å². The Hall–Kier alpha value is -3.04. The van der Waals surface area contributed by atoms with Crippen molar-refractivity contribution in [2.45, 2.75) is 0 Å². The van der Waals surface area contributed by atoms with Crippen LogP contribution in [0, 0.1) is 22.7 Å². The highest BCUT2D eigenvalue weighted by Gasteiger charge is 2.08. The Kier molecular flexibility index (Phi) is 3.61. The highest BCUT2D eigenvalue weighted by atomic mass is 14.6. The van der Waals surface area contributed by atoms with Crippen LogP contribution in [0.5, 0.6) is 0 Å². The van der Waals surface area contributed by atoms with Gasteiger partial charge in [0.2, 0.25) is 0 Å². The summed E-state index contributed by atoms with van der Waals surface area (Å²) in [6.45, 7) is 0. The van der Waals surface area contributed by atoms with Crippen LogP contribution in [0.1, 0.15) is 22.3 Å². The van der Waals surface area contributed by atoms with Gasteiger partial charge in [-0.3, -0.25) is 0 Å². The summed E-state index contributed by atoms with van der Waals surface area (Å²) in [5, 5.41) is 18.1. The van der Waals surface area contributed by atoms with Crippen molar-refractivity contribution in [3.63, 3.8) is 0 Å². The predicted octanol–water partition coefficient (Wildman–Crippen LogP) is 3.18. The van der Waals surface area contributed by atoms with Crippen molar-refractivity contribution in [3.8, 4) is 12.1 Å². The van der Waals surface area contributed by atoms with E-state index in [-0.39, 0.29) is 0 Å². The molecular formula is C16H11N3. The molecule has 0 aliphatic heterocycles. The number of hydrogen-bond acceptors (Lipinski definition) is 3. The van der Waals surface area contributed by atoms with E-state index in [1.165, 1.54) is 0 Å². The van der Waals surface area contributed by atoms with E-state index in [2.05, 4.69) is 0 Å². The van der Waals surface area contributed by atoms with E-state index in [9.17, 15) is 0 Å². The van der Waals surface area contributed by atoms with Crippen LogP contribution in [0.3, 0.4) is 0 Å². The van der Waals surface area contributed by atoms with Crippen molar-refractivity contribution in [3.05, 3.63) is 64.7 Å². The summed E-state index contributed by atoms with van der Waals surface area (Å²) in [4.78, 5) is 0. The summed E-state index contributed by atoms with van der Waals surface area (Å²) >= 11 is 0. The van der Waals surface area contributed by atoms with Gasteiger partial charge in [0, 0.05) is 11.3 Å². The van der Waals surface area contributed by atoms with Gasteiger partial charge in [-0.2, -0.15) is 10.5 Å². The first-order valence-corrected chi connectivity index (χ1v) is 5.72. The fourth-order valence-corrected chi connectivity index (χ4v) is 1.77. The molecule has 0 saturated carbocycles. The van der Waals surface area contributed by atoms with Crippen molar-refractivity contribution >= 4 is 17.8 Å². The summed E-state index contributed by atoms with van der Waals surface area (Å²) in [5.41, 5.74) is 8.61. The second-order valence-electron chi connectivity index (χ2n) is 3.96. The third-order valence-corrected chi connectivity index (χ3v) is 2.75. The minimum absolute atomic E-state index is 0.315. The van der Waals surface area contributed by atoms with Crippen LogP contribution in [0.2, 0.25) is 0 Å². The molecule has 19 heavy (non-hydrogen) atoms. The molecular weight excluding hydrogens is 234 g/mol.